The molecule has 0 aliphatic carbocycles. The van der Waals surface area contributed by atoms with Gasteiger partial charge in [0.05, 0.1) is 0 Å². The number of hydrogen-bond donors (Lipinski definition) is 1. The van der Waals surface area contributed by atoms with Gasteiger partial charge in [-0.25, -0.2) is 0 Å². The van der Waals surface area contributed by atoms with E-state index in [2.05, 4.69) is 5.32 Å². The van der Waals surface area contributed by atoms with Crippen molar-refractivity contribution in [1.82, 2.24) is 5.32 Å². The van der Waals surface area contributed by atoms with Crippen LogP contribution in [0.4, 0.5) is 0 Å². The first-order valence-corrected chi connectivity index (χ1v) is 3.56. The molecule has 4 heteroatoms. The van der Waals surface area contributed by atoms with E-state index >= 15 is 0 Å². The highest BCUT2D eigenvalue weighted by molar-refractivity contribution is 5.93. The van der Waals surface area contributed by atoms with Crippen molar-refractivity contribution in [2.45, 2.75) is 0 Å². The smallest absolute Gasteiger partial charge is 0.257 e. The number of amides is 1. The number of nitrogens with zero attached hydrogens (tertiary/aromatic N) is 1. The van der Waals surface area contributed by atoms with E-state index in [4.69, 9.17) is 4.84 Å². The standard InChI is InChI=1S/C8H10N2O2/c1-9-8(11)7-4-3-5-10(6-7)12-2/h3-6H,1-2H3/p+1. The molecule has 0 spiro atoms. The van der Waals surface area contributed by atoms with E-state index < -0.39 is 0 Å². The maximum Gasteiger partial charge on any atom is 0.257 e. The van der Waals surface area contributed by atoms with Gasteiger partial charge in [-0.3, -0.25) is 9.63 Å². The van der Waals surface area contributed by atoms with Crippen LogP contribution in [0.2, 0.25) is 0 Å². The minimum atomic E-state index is -0.124. The second-order valence-corrected chi connectivity index (χ2v) is 2.21. The van der Waals surface area contributed by atoms with Crippen LogP contribution in [0.5, 0.6) is 0 Å². The summed E-state index contributed by atoms with van der Waals surface area (Å²) in [6.45, 7) is 0. The Hall–Kier alpha value is -1.58. The summed E-state index contributed by atoms with van der Waals surface area (Å²) in [7, 11) is 3.13. The highest BCUT2D eigenvalue weighted by Crippen LogP contribution is 1.92. The molecule has 1 amide bonds. The summed E-state index contributed by atoms with van der Waals surface area (Å²) in [5.74, 6) is -0.124. The van der Waals surface area contributed by atoms with Crippen LogP contribution in [0.1, 0.15) is 10.4 Å². The maximum absolute atomic E-state index is 11.1. The lowest BCUT2D eigenvalue weighted by atomic mass is 10.3. The summed E-state index contributed by atoms with van der Waals surface area (Å²) in [6.07, 6.45) is 3.32. The van der Waals surface area contributed by atoms with Gasteiger partial charge in [-0.05, 0) is 6.07 Å². The fourth-order valence-corrected chi connectivity index (χ4v) is 0.847. The lowest BCUT2D eigenvalue weighted by Gasteiger charge is -1.96. The fourth-order valence-electron chi connectivity index (χ4n) is 0.847. The first-order valence-electron chi connectivity index (χ1n) is 3.56. The summed E-state index contributed by atoms with van der Waals surface area (Å²) in [5, 5.41) is 2.52. The van der Waals surface area contributed by atoms with Gasteiger partial charge in [0.15, 0.2) is 0 Å². The van der Waals surface area contributed by atoms with Gasteiger partial charge < -0.3 is 5.32 Å². The molecule has 12 heavy (non-hydrogen) atoms. The minimum Gasteiger partial charge on any atom is -0.355 e. The normalized spacial score (nSPS) is 9.17. The average molecular weight is 167 g/mol. The third-order valence-electron chi connectivity index (χ3n) is 1.48. The van der Waals surface area contributed by atoms with Crippen molar-refractivity contribution in [2.75, 3.05) is 14.2 Å². The summed E-state index contributed by atoms with van der Waals surface area (Å²) < 4.78 is 1.46. The van der Waals surface area contributed by atoms with Crippen LogP contribution in [0.3, 0.4) is 0 Å². The van der Waals surface area contributed by atoms with Crippen molar-refractivity contribution in [2.24, 2.45) is 0 Å². The Kier molecular flexibility index (Phi) is 2.63. The second kappa shape index (κ2) is 3.71. The van der Waals surface area contributed by atoms with Crippen LogP contribution < -0.4 is 14.9 Å². The molecule has 0 aliphatic heterocycles. The monoisotopic (exact) mass is 167 g/mol. The maximum atomic E-state index is 11.1. The molecule has 4 nitrogen and oxygen atoms in total. The lowest BCUT2D eigenvalue weighted by Crippen LogP contribution is -2.40. The van der Waals surface area contributed by atoms with Crippen LogP contribution in [0.15, 0.2) is 24.5 Å². The SMILES string of the molecule is CNC(=O)c1ccc[n+](OC)c1. The minimum absolute atomic E-state index is 0.124. The van der Waals surface area contributed by atoms with Gasteiger partial charge in [-0.15, -0.1) is 0 Å². The Morgan fingerprint density at radius 3 is 3.00 bits per heavy atom. The predicted molar refractivity (Wildman–Crippen MR) is 42.5 cm³/mol. The zero-order chi connectivity index (χ0) is 8.97. The van der Waals surface area contributed by atoms with Gasteiger partial charge in [0.1, 0.15) is 12.7 Å². The van der Waals surface area contributed by atoms with E-state index in [0.717, 1.165) is 0 Å². The molecular formula is C8H11N2O2+. The lowest BCUT2D eigenvalue weighted by molar-refractivity contribution is -0.885. The number of aromatic nitrogens is 1. The Labute approximate surface area is 70.7 Å². The number of hydrogen-bond acceptors (Lipinski definition) is 2. The summed E-state index contributed by atoms with van der Waals surface area (Å²) in [6, 6.07) is 3.46. The van der Waals surface area contributed by atoms with E-state index in [1.165, 1.54) is 11.8 Å². The first kappa shape index (κ1) is 8.52. The van der Waals surface area contributed by atoms with Gasteiger partial charge in [-0.1, -0.05) is 0 Å². The molecule has 1 N–H and O–H groups in total. The van der Waals surface area contributed by atoms with Crippen LogP contribution in [-0.2, 0) is 0 Å². The molecular weight excluding hydrogens is 156 g/mol. The molecule has 0 saturated carbocycles. The fraction of sp³-hybridized carbons (Fsp3) is 0.250. The number of nitrogens with one attached hydrogen (secondary N) is 1. The molecule has 1 aromatic rings. The van der Waals surface area contributed by atoms with Crippen molar-refractivity contribution in [3.05, 3.63) is 30.1 Å². The van der Waals surface area contributed by atoms with Gasteiger partial charge in [-0.2, -0.15) is 0 Å². The largest absolute Gasteiger partial charge is 0.355 e. The van der Waals surface area contributed by atoms with Crippen molar-refractivity contribution < 1.29 is 14.4 Å². The van der Waals surface area contributed by atoms with E-state index in [-0.39, 0.29) is 5.91 Å². The highest BCUT2D eigenvalue weighted by Gasteiger charge is 2.08. The molecule has 0 unspecified atom stereocenters. The number of carbonyl (C=O) groups is 1. The van der Waals surface area contributed by atoms with E-state index in [0.29, 0.717) is 5.56 Å². The molecule has 0 bridgehead atoms. The quantitative estimate of drug-likeness (QED) is 0.597. The Morgan fingerprint density at radius 2 is 2.42 bits per heavy atom. The van der Waals surface area contributed by atoms with Crippen LogP contribution in [0, 0.1) is 0 Å². The van der Waals surface area contributed by atoms with E-state index in [1.807, 2.05) is 0 Å². The van der Waals surface area contributed by atoms with Crippen molar-refractivity contribution in [3.63, 3.8) is 0 Å². The Bertz CT molecular complexity index is 286. The molecule has 0 saturated heterocycles. The van der Waals surface area contributed by atoms with Crippen molar-refractivity contribution >= 4 is 5.91 Å². The third-order valence-corrected chi connectivity index (χ3v) is 1.48. The topological polar surface area (TPSA) is 42.2 Å². The summed E-state index contributed by atoms with van der Waals surface area (Å²) >= 11 is 0. The number of pyridine rings is 1. The molecule has 0 atom stereocenters. The third kappa shape index (κ3) is 1.72. The molecule has 0 aromatic carbocycles. The van der Waals surface area contributed by atoms with Gasteiger partial charge >= 0.3 is 0 Å². The van der Waals surface area contributed by atoms with Gasteiger partial charge in [0.2, 0.25) is 12.4 Å². The predicted octanol–water partition coefficient (Wildman–Crippen LogP) is -0.608. The molecule has 1 heterocycles. The number of rotatable bonds is 2. The van der Waals surface area contributed by atoms with Gasteiger partial charge in [0.25, 0.3) is 5.91 Å². The molecule has 64 valence electrons. The molecule has 0 radical (unpaired) electrons. The second-order valence-electron chi connectivity index (χ2n) is 2.21. The first-order chi connectivity index (χ1) is 5.77. The van der Waals surface area contributed by atoms with E-state index in [1.54, 1.807) is 31.6 Å². The molecule has 0 fully saturated rings. The van der Waals surface area contributed by atoms with Gasteiger partial charge in [0, 0.05) is 17.8 Å². The van der Waals surface area contributed by atoms with Crippen LogP contribution in [0.25, 0.3) is 0 Å². The Balaban J connectivity index is 2.93. The zero-order valence-electron chi connectivity index (χ0n) is 7.07. The zero-order valence-corrected chi connectivity index (χ0v) is 7.07. The summed E-state index contributed by atoms with van der Waals surface area (Å²) in [5.41, 5.74) is 0.571. The number of carbonyl (C=O) groups excluding carboxylic acids is 1. The molecule has 1 rings (SSSR count). The highest BCUT2D eigenvalue weighted by atomic mass is 16.6. The van der Waals surface area contributed by atoms with Crippen molar-refractivity contribution in [1.29, 1.82) is 0 Å². The molecule has 1 aromatic heterocycles. The van der Waals surface area contributed by atoms with E-state index in [9.17, 15) is 4.79 Å². The van der Waals surface area contributed by atoms with Crippen LogP contribution >= 0.6 is 0 Å². The summed E-state index contributed by atoms with van der Waals surface area (Å²) in [4.78, 5) is 16.0. The molecule has 0 aliphatic rings. The van der Waals surface area contributed by atoms with Crippen molar-refractivity contribution in [3.8, 4) is 0 Å². The Morgan fingerprint density at radius 1 is 1.67 bits per heavy atom. The average Bonchev–Trinajstić information content (AvgIpc) is 2.17. The van der Waals surface area contributed by atoms with Crippen LogP contribution in [-0.4, -0.2) is 20.1 Å².